The highest BCUT2D eigenvalue weighted by Gasteiger charge is 2.39. The van der Waals surface area contributed by atoms with Gasteiger partial charge >= 0.3 is 0 Å². The van der Waals surface area contributed by atoms with Gasteiger partial charge in [-0.1, -0.05) is 6.92 Å². The SMILES string of the molecule is CCC1(C(=O)NCc2cn[nH]c2C)CCNC1. The van der Waals surface area contributed by atoms with Gasteiger partial charge in [0.2, 0.25) is 5.91 Å². The summed E-state index contributed by atoms with van der Waals surface area (Å²) in [6.07, 6.45) is 3.58. The average Bonchev–Trinajstić information content (AvgIpc) is 2.95. The van der Waals surface area contributed by atoms with Gasteiger partial charge in [-0.25, -0.2) is 0 Å². The van der Waals surface area contributed by atoms with Crippen LogP contribution >= 0.6 is 0 Å². The minimum absolute atomic E-state index is 0.158. The lowest BCUT2D eigenvalue weighted by Gasteiger charge is -2.25. The lowest BCUT2D eigenvalue weighted by Crippen LogP contribution is -2.41. The maximum atomic E-state index is 12.2. The predicted molar refractivity (Wildman–Crippen MR) is 65.4 cm³/mol. The van der Waals surface area contributed by atoms with Gasteiger partial charge in [0.25, 0.3) is 0 Å². The van der Waals surface area contributed by atoms with Crippen LogP contribution in [0.25, 0.3) is 0 Å². The summed E-state index contributed by atoms with van der Waals surface area (Å²) in [6.45, 7) is 6.32. The molecule has 1 amide bonds. The van der Waals surface area contributed by atoms with Crippen LogP contribution in [0.3, 0.4) is 0 Å². The number of rotatable bonds is 4. The first-order chi connectivity index (χ1) is 8.18. The molecule has 5 nitrogen and oxygen atoms in total. The number of aromatic amines is 1. The number of hydrogen-bond acceptors (Lipinski definition) is 3. The molecule has 1 aromatic heterocycles. The minimum atomic E-state index is -0.211. The molecule has 0 spiro atoms. The zero-order valence-electron chi connectivity index (χ0n) is 10.5. The third-order valence-corrected chi connectivity index (χ3v) is 3.78. The van der Waals surface area contributed by atoms with E-state index in [1.54, 1.807) is 6.20 Å². The van der Waals surface area contributed by atoms with Crippen LogP contribution in [0.15, 0.2) is 6.20 Å². The van der Waals surface area contributed by atoms with Crippen molar-refractivity contribution >= 4 is 5.91 Å². The molecular formula is C12H20N4O. The topological polar surface area (TPSA) is 69.8 Å². The molecule has 1 saturated heterocycles. The van der Waals surface area contributed by atoms with Gasteiger partial charge in [0.15, 0.2) is 0 Å². The van der Waals surface area contributed by atoms with E-state index in [0.717, 1.165) is 37.2 Å². The lowest BCUT2D eigenvalue weighted by molar-refractivity contribution is -0.130. The van der Waals surface area contributed by atoms with E-state index in [0.29, 0.717) is 6.54 Å². The molecule has 5 heteroatoms. The van der Waals surface area contributed by atoms with Gasteiger partial charge in [-0.15, -0.1) is 0 Å². The molecule has 1 atom stereocenters. The first-order valence-electron chi connectivity index (χ1n) is 6.16. The van der Waals surface area contributed by atoms with Gasteiger partial charge in [0.05, 0.1) is 11.6 Å². The van der Waals surface area contributed by atoms with Crippen molar-refractivity contribution in [1.29, 1.82) is 0 Å². The summed E-state index contributed by atoms with van der Waals surface area (Å²) < 4.78 is 0. The van der Waals surface area contributed by atoms with Crippen LogP contribution in [0.5, 0.6) is 0 Å². The molecule has 0 bridgehead atoms. The molecule has 0 radical (unpaired) electrons. The van der Waals surface area contributed by atoms with Crippen LogP contribution in [0.2, 0.25) is 0 Å². The average molecular weight is 236 g/mol. The van der Waals surface area contributed by atoms with Crippen molar-refractivity contribution in [3.05, 3.63) is 17.5 Å². The van der Waals surface area contributed by atoms with Crippen molar-refractivity contribution in [2.75, 3.05) is 13.1 Å². The van der Waals surface area contributed by atoms with E-state index < -0.39 is 0 Å². The number of carbonyl (C=O) groups is 1. The van der Waals surface area contributed by atoms with Crippen molar-refractivity contribution in [2.45, 2.75) is 33.2 Å². The predicted octanol–water partition coefficient (Wildman–Crippen LogP) is 0.724. The Morgan fingerprint density at radius 1 is 1.65 bits per heavy atom. The maximum absolute atomic E-state index is 12.2. The Balaban J connectivity index is 1.95. The summed E-state index contributed by atoms with van der Waals surface area (Å²) in [5, 5.41) is 13.1. The van der Waals surface area contributed by atoms with Crippen LogP contribution in [-0.4, -0.2) is 29.2 Å². The number of amides is 1. The van der Waals surface area contributed by atoms with Gasteiger partial charge in [0.1, 0.15) is 0 Å². The number of H-pyrrole nitrogens is 1. The van der Waals surface area contributed by atoms with Gasteiger partial charge in [-0.3, -0.25) is 9.89 Å². The summed E-state index contributed by atoms with van der Waals surface area (Å²) in [5.41, 5.74) is 1.86. The molecule has 94 valence electrons. The van der Waals surface area contributed by atoms with E-state index in [1.807, 2.05) is 6.92 Å². The smallest absolute Gasteiger partial charge is 0.227 e. The first kappa shape index (κ1) is 12.1. The number of carbonyl (C=O) groups excluding carboxylic acids is 1. The Labute approximate surface area is 101 Å². The molecule has 2 rings (SSSR count). The highest BCUT2D eigenvalue weighted by Crippen LogP contribution is 2.29. The van der Waals surface area contributed by atoms with E-state index in [4.69, 9.17) is 0 Å². The fourth-order valence-electron chi connectivity index (χ4n) is 2.32. The normalized spacial score (nSPS) is 23.9. The summed E-state index contributed by atoms with van der Waals surface area (Å²) in [4.78, 5) is 12.2. The van der Waals surface area contributed by atoms with E-state index in [-0.39, 0.29) is 11.3 Å². The number of aryl methyl sites for hydroxylation is 1. The van der Waals surface area contributed by atoms with Crippen molar-refractivity contribution in [3.63, 3.8) is 0 Å². The van der Waals surface area contributed by atoms with Crippen LogP contribution in [0, 0.1) is 12.3 Å². The first-order valence-corrected chi connectivity index (χ1v) is 6.16. The Morgan fingerprint density at radius 3 is 3.00 bits per heavy atom. The van der Waals surface area contributed by atoms with Gasteiger partial charge < -0.3 is 10.6 Å². The standard InChI is InChI=1S/C12H20N4O/c1-3-12(4-5-13-8-12)11(17)14-6-10-7-15-16-9(10)2/h7,13H,3-6,8H2,1-2H3,(H,14,17)(H,15,16). The molecule has 1 aliphatic heterocycles. The Bertz CT molecular complexity index is 393. The summed E-state index contributed by atoms with van der Waals surface area (Å²) in [5.74, 6) is 0.158. The molecule has 3 N–H and O–H groups in total. The van der Waals surface area contributed by atoms with Crippen molar-refractivity contribution in [3.8, 4) is 0 Å². The number of aromatic nitrogens is 2. The molecule has 17 heavy (non-hydrogen) atoms. The summed E-state index contributed by atoms with van der Waals surface area (Å²) >= 11 is 0. The third kappa shape index (κ3) is 2.34. The van der Waals surface area contributed by atoms with Crippen molar-refractivity contribution in [2.24, 2.45) is 5.41 Å². The molecule has 0 aliphatic carbocycles. The molecule has 0 saturated carbocycles. The van der Waals surface area contributed by atoms with Gasteiger partial charge in [-0.05, 0) is 26.3 Å². The highest BCUT2D eigenvalue weighted by atomic mass is 16.2. The molecule has 1 fully saturated rings. The van der Waals surface area contributed by atoms with E-state index in [9.17, 15) is 4.79 Å². The Morgan fingerprint density at radius 2 is 2.47 bits per heavy atom. The lowest BCUT2D eigenvalue weighted by atomic mass is 9.83. The molecule has 1 aromatic rings. The second-order valence-corrected chi connectivity index (χ2v) is 4.76. The number of hydrogen-bond donors (Lipinski definition) is 3. The van der Waals surface area contributed by atoms with E-state index in [1.165, 1.54) is 0 Å². The molecular weight excluding hydrogens is 216 g/mol. The fraction of sp³-hybridized carbons (Fsp3) is 0.667. The second kappa shape index (κ2) is 4.87. The molecule has 2 heterocycles. The Hall–Kier alpha value is -1.36. The summed E-state index contributed by atoms with van der Waals surface area (Å²) in [6, 6.07) is 0. The van der Waals surface area contributed by atoms with Crippen LogP contribution in [0.4, 0.5) is 0 Å². The number of nitrogens with zero attached hydrogens (tertiary/aromatic N) is 1. The zero-order valence-corrected chi connectivity index (χ0v) is 10.5. The molecule has 0 aromatic carbocycles. The van der Waals surface area contributed by atoms with E-state index in [2.05, 4.69) is 27.8 Å². The van der Waals surface area contributed by atoms with Gasteiger partial charge in [-0.2, -0.15) is 5.10 Å². The zero-order chi connectivity index (χ0) is 12.3. The molecule has 1 aliphatic rings. The minimum Gasteiger partial charge on any atom is -0.351 e. The largest absolute Gasteiger partial charge is 0.351 e. The monoisotopic (exact) mass is 236 g/mol. The third-order valence-electron chi connectivity index (χ3n) is 3.78. The van der Waals surface area contributed by atoms with Crippen LogP contribution in [-0.2, 0) is 11.3 Å². The summed E-state index contributed by atoms with van der Waals surface area (Å²) in [7, 11) is 0. The van der Waals surface area contributed by atoms with Gasteiger partial charge in [0, 0.05) is 24.3 Å². The fourth-order valence-corrected chi connectivity index (χ4v) is 2.32. The Kier molecular flexibility index (Phi) is 3.47. The van der Waals surface area contributed by atoms with E-state index >= 15 is 0 Å². The quantitative estimate of drug-likeness (QED) is 0.721. The van der Waals surface area contributed by atoms with Crippen molar-refractivity contribution < 1.29 is 4.79 Å². The number of nitrogens with one attached hydrogen (secondary N) is 3. The van der Waals surface area contributed by atoms with Crippen LogP contribution < -0.4 is 10.6 Å². The molecule has 1 unspecified atom stereocenters. The highest BCUT2D eigenvalue weighted by molar-refractivity contribution is 5.83. The maximum Gasteiger partial charge on any atom is 0.227 e. The second-order valence-electron chi connectivity index (χ2n) is 4.76. The van der Waals surface area contributed by atoms with Crippen molar-refractivity contribution in [1.82, 2.24) is 20.8 Å². The van der Waals surface area contributed by atoms with Crippen LogP contribution in [0.1, 0.15) is 31.0 Å².